The first kappa shape index (κ1) is 15.6. The van der Waals surface area contributed by atoms with Crippen molar-refractivity contribution in [2.45, 2.75) is 39.2 Å². The Labute approximate surface area is 118 Å². The van der Waals surface area contributed by atoms with Crippen LogP contribution in [0, 0.1) is 12.7 Å². The average Bonchev–Trinajstić information content (AvgIpc) is 2.38. The predicted molar refractivity (Wildman–Crippen MR) is 78.7 cm³/mol. The van der Waals surface area contributed by atoms with Crippen molar-refractivity contribution in [1.82, 2.24) is 5.32 Å². The second kappa shape index (κ2) is 6.10. The van der Waals surface area contributed by atoms with Gasteiger partial charge in [-0.2, -0.15) is 0 Å². The molecule has 0 atom stereocenters. The molecule has 1 aromatic carbocycles. The normalized spacial score (nSPS) is 11.2. The van der Waals surface area contributed by atoms with Gasteiger partial charge in [0.1, 0.15) is 5.82 Å². The van der Waals surface area contributed by atoms with Gasteiger partial charge < -0.3 is 11.1 Å². The molecule has 0 fully saturated rings. The Morgan fingerprint density at radius 2 is 2.00 bits per heavy atom. The van der Waals surface area contributed by atoms with Crippen molar-refractivity contribution in [3.63, 3.8) is 0 Å². The van der Waals surface area contributed by atoms with Crippen LogP contribution in [0.3, 0.4) is 0 Å². The van der Waals surface area contributed by atoms with E-state index in [0.717, 1.165) is 0 Å². The molecule has 104 valence electrons. The molecule has 0 saturated heterocycles. The average molecular weight is 282 g/mol. The lowest BCUT2D eigenvalue weighted by molar-refractivity contribution is 0.0915. The molecule has 0 aliphatic heterocycles. The minimum Gasteiger partial charge on any atom is -0.391 e. The van der Waals surface area contributed by atoms with Gasteiger partial charge in [-0.15, -0.1) is 0 Å². The van der Waals surface area contributed by atoms with E-state index in [4.69, 9.17) is 18.0 Å². The topological polar surface area (TPSA) is 55.1 Å². The van der Waals surface area contributed by atoms with E-state index in [9.17, 15) is 9.18 Å². The van der Waals surface area contributed by atoms with Crippen LogP contribution in [0.2, 0.25) is 0 Å². The highest BCUT2D eigenvalue weighted by Crippen LogP contribution is 2.18. The molecule has 1 amide bonds. The number of aryl methyl sites for hydroxylation is 1. The highest BCUT2D eigenvalue weighted by molar-refractivity contribution is 7.80. The molecule has 3 nitrogen and oxygen atoms in total. The Hall–Kier alpha value is -1.49. The van der Waals surface area contributed by atoms with Crippen LogP contribution in [0.5, 0.6) is 0 Å². The van der Waals surface area contributed by atoms with Gasteiger partial charge in [-0.3, -0.25) is 4.79 Å². The number of rotatable bonds is 5. The number of hydrogen-bond acceptors (Lipinski definition) is 2. The van der Waals surface area contributed by atoms with Gasteiger partial charge in [-0.05, 0) is 31.4 Å². The fourth-order valence-electron chi connectivity index (χ4n) is 1.94. The first-order valence-electron chi connectivity index (χ1n) is 6.25. The molecule has 0 aromatic heterocycles. The van der Waals surface area contributed by atoms with E-state index in [2.05, 4.69) is 5.32 Å². The van der Waals surface area contributed by atoms with Gasteiger partial charge in [0.15, 0.2) is 0 Å². The van der Waals surface area contributed by atoms with Gasteiger partial charge in [0.05, 0.1) is 16.1 Å². The third-order valence-corrected chi connectivity index (χ3v) is 3.86. The monoisotopic (exact) mass is 282 g/mol. The highest BCUT2D eigenvalue weighted by Gasteiger charge is 2.32. The molecule has 5 heteroatoms. The van der Waals surface area contributed by atoms with Crippen LogP contribution in [0.25, 0.3) is 0 Å². The maximum Gasteiger partial charge on any atom is 0.255 e. The predicted octanol–water partition coefficient (Wildman–Crippen LogP) is 2.71. The maximum atomic E-state index is 13.9. The van der Waals surface area contributed by atoms with Gasteiger partial charge in [0.25, 0.3) is 5.91 Å². The van der Waals surface area contributed by atoms with E-state index in [0.29, 0.717) is 18.4 Å². The lowest BCUT2D eigenvalue weighted by Gasteiger charge is -2.31. The van der Waals surface area contributed by atoms with Crippen LogP contribution < -0.4 is 11.1 Å². The summed E-state index contributed by atoms with van der Waals surface area (Å²) in [6.45, 7) is 5.39. The minimum atomic E-state index is -0.761. The summed E-state index contributed by atoms with van der Waals surface area (Å²) < 4.78 is 13.9. The summed E-state index contributed by atoms with van der Waals surface area (Å²) in [5.74, 6) is -0.998. The molecule has 0 heterocycles. The molecule has 0 unspecified atom stereocenters. The molecule has 0 aliphatic carbocycles. The third kappa shape index (κ3) is 3.10. The van der Waals surface area contributed by atoms with Crippen LogP contribution in [0.4, 0.5) is 4.39 Å². The molecule has 19 heavy (non-hydrogen) atoms. The number of benzene rings is 1. The lowest BCUT2D eigenvalue weighted by atomic mass is 9.92. The first-order chi connectivity index (χ1) is 8.88. The summed E-state index contributed by atoms with van der Waals surface area (Å²) in [7, 11) is 0. The summed E-state index contributed by atoms with van der Waals surface area (Å²) in [4.78, 5) is 12.4. The summed E-state index contributed by atoms with van der Waals surface area (Å²) in [5, 5.41) is 2.77. The smallest absolute Gasteiger partial charge is 0.255 e. The first-order valence-corrected chi connectivity index (χ1v) is 6.66. The van der Waals surface area contributed by atoms with E-state index in [-0.39, 0.29) is 10.6 Å². The molecule has 1 rings (SSSR count). The van der Waals surface area contributed by atoms with Crippen molar-refractivity contribution in [2.75, 3.05) is 0 Å². The van der Waals surface area contributed by atoms with E-state index >= 15 is 0 Å². The number of carbonyl (C=O) groups excluding carboxylic acids is 1. The van der Waals surface area contributed by atoms with Crippen LogP contribution >= 0.6 is 12.2 Å². The Morgan fingerprint density at radius 1 is 1.42 bits per heavy atom. The van der Waals surface area contributed by atoms with Crippen molar-refractivity contribution >= 4 is 23.1 Å². The van der Waals surface area contributed by atoms with Gasteiger partial charge in [-0.25, -0.2) is 4.39 Å². The van der Waals surface area contributed by atoms with Crippen molar-refractivity contribution in [3.05, 3.63) is 35.1 Å². The van der Waals surface area contributed by atoms with Crippen LogP contribution in [0.15, 0.2) is 18.2 Å². The Balaban J connectivity index is 3.08. The van der Waals surface area contributed by atoms with E-state index < -0.39 is 17.3 Å². The van der Waals surface area contributed by atoms with E-state index in [1.165, 1.54) is 6.07 Å². The standard InChI is InChI=1S/C14H19FN2OS/c1-4-14(5-2,13(16)19)17-12(18)10-8-6-7-9(3)11(10)15/h6-8H,4-5H2,1-3H3,(H2,16,19)(H,17,18). The molecule has 0 spiro atoms. The van der Waals surface area contributed by atoms with Crippen molar-refractivity contribution in [1.29, 1.82) is 0 Å². The summed E-state index contributed by atoms with van der Waals surface area (Å²) in [6, 6.07) is 4.72. The number of halogens is 1. The zero-order valence-electron chi connectivity index (χ0n) is 11.4. The highest BCUT2D eigenvalue weighted by atomic mass is 32.1. The van der Waals surface area contributed by atoms with Crippen molar-refractivity contribution in [3.8, 4) is 0 Å². The van der Waals surface area contributed by atoms with Gasteiger partial charge in [0, 0.05) is 0 Å². The fraction of sp³-hybridized carbons (Fsp3) is 0.429. The van der Waals surface area contributed by atoms with Crippen LogP contribution in [0.1, 0.15) is 42.6 Å². The molecular weight excluding hydrogens is 263 g/mol. The minimum absolute atomic E-state index is 0.0162. The van der Waals surface area contributed by atoms with Crippen LogP contribution in [-0.4, -0.2) is 16.4 Å². The third-order valence-electron chi connectivity index (χ3n) is 3.47. The summed E-state index contributed by atoms with van der Waals surface area (Å²) in [6.07, 6.45) is 1.13. The Bertz CT molecular complexity index is 498. The molecular formula is C14H19FN2OS. The SMILES string of the molecule is CCC(CC)(NC(=O)c1cccc(C)c1F)C(N)=S. The number of carbonyl (C=O) groups is 1. The molecule has 1 aromatic rings. The van der Waals surface area contributed by atoms with Gasteiger partial charge >= 0.3 is 0 Å². The number of amides is 1. The largest absolute Gasteiger partial charge is 0.391 e. The van der Waals surface area contributed by atoms with Crippen molar-refractivity contribution in [2.24, 2.45) is 5.73 Å². The molecule has 3 N–H and O–H groups in total. The Morgan fingerprint density at radius 3 is 2.47 bits per heavy atom. The number of hydrogen-bond donors (Lipinski definition) is 2. The second-order valence-corrected chi connectivity index (χ2v) is 4.98. The van der Waals surface area contributed by atoms with Gasteiger partial charge in [-0.1, -0.05) is 38.2 Å². The lowest BCUT2D eigenvalue weighted by Crippen LogP contribution is -2.56. The molecule has 0 bridgehead atoms. The summed E-state index contributed by atoms with van der Waals surface area (Å²) in [5.41, 5.74) is 5.40. The van der Waals surface area contributed by atoms with E-state index in [1.54, 1.807) is 19.1 Å². The van der Waals surface area contributed by atoms with Crippen molar-refractivity contribution < 1.29 is 9.18 Å². The quantitative estimate of drug-likeness (QED) is 0.816. The molecule has 0 saturated carbocycles. The van der Waals surface area contributed by atoms with E-state index in [1.807, 2.05) is 13.8 Å². The maximum absolute atomic E-state index is 13.9. The molecule has 0 aliphatic rings. The van der Waals surface area contributed by atoms with Crippen LogP contribution in [-0.2, 0) is 0 Å². The van der Waals surface area contributed by atoms with Gasteiger partial charge in [0.2, 0.25) is 0 Å². The Kier molecular flexibility index (Phi) is 5.00. The second-order valence-electron chi connectivity index (χ2n) is 4.54. The number of nitrogens with one attached hydrogen (secondary N) is 1. The number of nitrogens with two attached hydrogens (primary N) is 1. The summed E-state index contributed by atoms with van der Waals surface area (Å²) >= 11 is 5.02. The zero-order valence-corrected chi connectivity index (χ0v) is 12.2. The molecule has 0 radical (unpaired) electrons. The number of thiocarbonyl (C=S) groups is 1. The fourth-order valence-corrected chi connectivity index (χ4v) is 2.28. The zero-order chi connectivity index (χ0) is 14.6.